The van der Waals surface area contributed by atoms with Crippen molar-refractivity contribution in [3.8, 4) is 0 Å². The van der Waals surface area contributed by atoms with Crippen LogP contribution in [0.15, 0.2) is 52.0 Å². The molecule has 5 heteroatoms. The molecule has 0 saturated heterocycles. The Bertz CT molecular complexity index is 560. The minimum absolute atomic E-state index is 0.154. The number of carbonyl (C=O) groups is 1. The Labute approximate surface area is 119 Å². The highest BCUT2D eigenvalue weighted by molar-refractivity contribution is 9.10. The van der Waals surface area contributed by atoms with Gasteiger partial charge in [0.2, 0.25) is 0 Å². The third-order valence-corrected chi connectivity index (χ3v) is 3.22. The van der Waals surface area contributed by atoms with Gasteiger partial charge in [-0.25, -0.2) is 0 Å². The van der Waals surface area contributed by atoms with E-state index in [0.717, 1.165) is 10.2 Å². The molecule has 0 radical (unpaired) electrons. The van der Waals surface area contributed by atoms with Crippen LogP contribution in [0.4, 0.5) is 0 Å². The number of carbonyl (C=O) groups excluding carboxylic acids is 1. The first-order valence-corrected chi connectivity index (χ1v) is 6.57. The van der Waals surface area contributed by atoms with E-state index in [1.54, 1.807) is 18.3 Å². The van der Waals surface area contributed by atoms with Crippen molar-refractivity contribution >= 4 is 34.5 Å². The first-order valence-electron chi connectivity index (χ1n) is 5.33. The topological polar surface area (TPSA) is 42.0 Å². The first kappa shape index (κ1) is 13.1. The zero-order valence-corrected chi connectivity index (χ0v) is 11.9. The summed E-state index contributed by atoms with van der Waals surface area (Å²) in [5, 5.41) is 2.81. The van der Waals surface area contributed by atoms with E-state index >= 15 is 0 Å². The normalized spacial score (nSPS) is 10.1. The lowest BCUT2D eigenvalue weighted by Crippen LogP contribution is -2.23. The lowest BCUT2D eigenvalue weighted by atomic mass is 10.2. The molecule has 0 aliphatic rings. The van der Waals surface area contributed by atoms with Crippen molar-refractivity contribution < 1.29 is 4.79 Å². The van der Waals surface area contributed by atoms with Gasteiger partial charge in [0.1, 0.15) is 0 Å². The molecule has 0 saturated carbocycles. The second kappa shape index (κ2) is 6.02. The van der Waals surface area contributed by atoms with Gasteiger partial charge in [-0.1, -0.05) is 22.0 Å². The molecule has 0 atom stereocenters. The molecule has 1 heterocycles. The number of nitrogens with one attached hydrogen (secondary N) is 1. The summed E-state index contributed by atoms with van der Waals surface area (Å²) in [6, 6.07) is 10.9. The van der Waals surface area contributed by atoms with E-state index in [0.29, 0.717) is 17.0 Å². The molecular formula is C13H11BrN2OS. The average molecular weight is 323 g/mol. The molecule has 0 aliphatic heterocycles. The lowest BCUT2D eigenvalue weighted by Gasteiger charge is -2.07. The molecule has 0 aliphatic carbocycles. The van der Waals surface area contributed by atoms with Gasteiger partial charge in [0, 0.05) is 15.6 Å². The number of rotatable bonds is 3. The molecule has 1 aromatic carbocycles. The van der Waals surface area contributed by atoms with Gasteiger partial charge in [0.05, 0.1) is 17.8 Å². The summed E-state index contributed by atoms with van der Waals surface area (Å²) >= 11 is 7.61. The van der Waals surface area contributed by atoms with Crippen molar-refractivity contribution in [3.05, 3.63) is 58.3 Å². The second-order valence-electron chi connectivity index (χ2n) is 3.67. The molecule has 18 heavy (non-hydrogen) atoms. The van der Waals surface area contributed by atoms with Crippen molar-refractivity contribution in [2.24, 2.45) is 0 Å². The van der Waals surface area contributed by atoms with E-state index in [-0.39, 0.29) is 5.91 Å². The molecule has 2 aromatic rings. The monoisotopic (exact) mass is 322 g/mol. The highest BCUT2D eigenvalue weighted by Crippen LogP contribution is 2.19. The minimum Gasteiger partial charge on any atom is -0.346 e. The molecule has 2 rings (SSSR count). The van der Waals surface area contributed by atoms with Crippen LogP contribution in [-0.4, -0.2) is 10.9 Å². The zero-order valence-electron chi connectivity index (χ0n) is 9.43. The van der Waals surface area contributed by atoms with Crippen LogP contribution in [0.3, 0.4) is 0 Å². The van der Waals surface area contributed by atoms with Gasteiger partial charge in [-0.15, -0.1) is 12.6 Å². The van der Waals surface area contributed by atoms with Gasteiger partial charge in [-0.05, 0) is 30.3 Å². The summed E-state index contributed by atoms with van der Waals surface area (Å²) in [5.74, 6) is -0.154. The first-order chi connectivity index (χ1) is 8.66. The van der Waals surface area contributed by atoms with E-state index in [2.05, 4.69) is 38.9 Å². The second-order valence-corrected chi connectivity index (χ2v) is 5.06. The van der Waals surface area contributed by atoms with Crippen LogP contribution in [0.1, 0.15) is 16.1 Å². The molecule has 0 unspecified atom stereocenters. The van der Waals surface area contributed by atoms with E-state index in [1.165, 1.54) is 0 Å². The van der Waals surface area contributed by atoms with Crippen LogP contribution in [0.5, 0.6) is 0 Å². The molecule has 1 N–H and O–H groups in total. The predicted octanol–water partition coefficient (Wildman–Crippen LogP) is 3.06. The van der Waals surface area contributed by atoms with Crippen molar-refractivity contribution in [2.45, 2.75) is 11.4 Å². The number of hydrogen-bond donors (Lipinski definition) is 2. The summed E-state index contributed by atoms with van der Waals surface area (Å²) in [5.41, 5.74) is 1.38. The molecule has 0 bridgehead atoms. The van der Waals surface area contributed by atoms with Crippen molar-refractivity contribution in [1.29, 1.82) is 0 Å². The summed E-state index contributed by atoms with van der Waals surface area (Å²) in [7, 11) is 0. The average Bonchev–Trinajstić information content (AvgIpc) is 2.37. The number of benzene rings is 1. The Morgan fingerprint density at radius 2 is 2.17 bits per heavy atom. The maximum Gasteiger partial charge on any atom is 0.252 e. The Morgan fingerprint density at radius 1 is 1.33 bits per heavy atom. The molecular weight excluding hydrogens is 312 g/mol. The SMILES string of the molecule is O=C(NCc1ccccn1)c1ccc(Br)cc1S. The third kappa shape index (κ3) is 3.34. The molecule has 1 aromatic heterocycles. The van der Waals surface area contributed by atoms with Gasteiger partial charge in [-0.3, -0.25) is 9.78 Å². The lowest BCUT2D eigenvalue weighted by molar-refractivity contribution is 0.0947. The zero-order chi connectivity index (χ0) is 13.0. The number of aromatic nitrogens is 1. The molecule has 0 fully saturated rings. The van der Waals surface area contributed by atoms with Gasteiger partial charge in [-0.2, -0.15) is 0 Å². The highest BCUT2D eigenvalue weighted by atomic mass is 79.9. The van der Waals surface area contributed by atoms with Crippen LogP contribution in [0, 0.1) is 0 Å². The quantitative estimate of drug-likeness (QED) is 0.853. The Morgan fingerprint density at radius 3 is 2.83 bits per heavy atom. The number of nitrogens with zero attached hydrogens (tertiary/aromatic N) is 1. The van der Waals surface area contributed by atoms with Crippen LogP contribution >= 0.6 is 28.6 Å². The van der Waals surface area contributed by atoms with Crippen molar-refractivity contribution in [2.75, 3.05) is 0 Å². The van der Waals surface area contributed by atoms with Crippen molar-refractivity contribution in [1.82, 2.24) is 10.3 Å². The number of halogens is 1. The summed E-state index contributed by atoms with van der Waals surface area (Å²) in [6.45, 7) is 0.406. The largest absolute Gasteiger partial charge is 0.346 e. The van der Waals surface area contributed by atoms with E-state index < -0.39 is 0 Å². The van der Waals surface area contributed by atoms with Crippen LogP contribution in [0.25, 0.3) is 0 Å². The number of amides is 1. The van der Waals surface area contributed by atoms with Crippen LogP contribution in [0.2, 0.25) is 0 Å². The Kier molecular flexibility index (Phi) is 4.38. The summed E-state index contributed by atoms with van der Waals surface area (Å²) in [6.07, 6.45) is 1.70. The van der Waals surface area contributed by atoms with E-state index in [1.807, 2.05) is 24.3 Å². The highest BCUT2D eigenvalue weighted by Gasteiger charge is 2.09. The van der Waals surface area contributed by atoms with E-state index in [9.17, 15) is 4.79 Å². The van der Waals surface area contributed by atoms with Crippen LogP contribution in [-0.2, 0) is 6.54 Å². The molecule has 0 spiro atoms. The van der Waals surface area contributed by atoms with Crippen LogP contribution < -0.4 is 5.32 Å². The maximum atomic E-state index is 11.9. The Hall–Kier alpha value is -1.33. The third-order valence-electron chi connectivity index (χ3n) is 2.36. The standard InChI is InChI=1S/C13H11BrN2OS/c14-9-4-5-11(12(18)7-9)13(17)16-8-10-3-1-2-6-15-10/h1-7,18H,8H2,(H,16,17). The maximum absolute atomic E-state index is 11.9. The summed E-state index contributed by atoms with van der Waals surface area (Å²) < 4.78 is 0.897. The summed E-state index contributed by atoms with van der Waals surface area (Å²) in [4.78, 5) is 16.7. The van der Waals surface area contributed by atoms with Gasteiger partial charge in [0.15, 0.2) is 0 Å². The fraction of sp³-hybridized carbons (Fsp3) is 0.0769. The van der Waals surface area contributed by atoms with Gasteiger partial charge < -0.3 is 5.32 Å². The molecule has 1 amide bonds. The fourth-order valence-corrected chi connectivity index (χ4v) is 2.32. The molecule has 3 nitrogen and oxygen atoms in total. The van der Waals surface area contributed by atoms with E-state index in [4.69, 9.17) is 0 Å². The number of thiol groups is 1. The smallest absolute Gasteiger partial charge is 0.252 e. The fourth-order valence-electron chi connectivity index (χ4n) is 1.47. The predicted molar refractivity (Wildman–Crippen MR) is 76.8 cm³/mol. The number of hydrogen-bond acceptors (Lipinski definition) is 3. The Balaban J connectivity index is 2.04. The minimum atomic E-state index is -0.154. The van der Waals surface area contributed by atoms with Gasteiger partial charge >= 0.3 is 0 Å². The molecule has 92 valence electrons. The van der Waals surface area contributed by atoms with Crippen molar-refractivity contribution in [3.63, 3.8) is 0 Å². The number of pyridine rings is 1. The van der Waals surface area contributed by atoms with Gasteiger partial charge in [0.25, 0.3) is 5.91 Å².